The molecule has 0 saturated carbocycles. The van der Waals surface area contributed by atoms with Crippen LogP contribution in [0.15, 0.2) is 18.2 Å². The second-order valence-corrected chi connectivity index (χ2v) is 5.64. The standard InChI is InChI=1S/C17H24N2O3/c1-12(2)7-8-22-15-6-5-14(9-16(15)21-4)17(20)19-11-13(3)10-18/h5-6,9,12-13H,7-8,11H2,1-4H3,(H,19,20). The summed E-state index contributed by atoms with van der Waals surface area (Å²) in [4.78, 5) is 12.0. The van der Waals surface area contributed by atoms with Crippen LogP contribution in [0.3, 0.4) is 0 Å². The van der Waals surface area contributed by atoms with Crippen molar-refractivity contribution in [3.63, 3.8) is 0 Å². The van der Waals surface area contributed by atoms with Crippen LogP contribution in [-0.4, -0.2) is 26.2 Å². The maximum absolute atomic E-state index is 12.0. The lowest BCUT2D eigenvalue weighted by Gasteiger charge is -2.13. The van der Waals surface area contributed by atoms with Crippen molar-refractivity contribution in [1.82, 2.24) is 5.32 Å². The van der Waals surface area contributed by atoms with Crippen molar-refractivity contribution >= 4 is 5.91 Å². The van der Waals surface area contributed by atoms with Crippen molar-refractivity contribution in [2.24, 2.45) is 11.8 Å². The molecule has 1 unspecified atom stereocenters. The van der Waals surface area contributed by atoms with Crippen molar-refractivity contribution in [3.05, 3.63) is 23.8 Å². The van der Waals surface area contributed by atoms with Crippen molar-refractivity contribution in [3.8, 4) is 17.6 Å². The molecule has 0 aliphatic heterocycles. The Balaban J connectivity index is 2.71. The van der Waals surface area contributed by atoms with Gasteiger partial charge < -0.3 is 14.8 Å². The Kier molecular flexibility index (Phi) is 7.24. The molecular weight excluding hydrogens is 280 g/mol. The number of nitrogens with zero attached hydrogens (tertiary/aromatic N) is 1. The van der Waals surface area contributed by atoms with E-state index in [2.05, 4.69) is 25.2 Å². The molecule has 1 aromatic rings. The van der Waals surface area contributed by atoms with Crippen molar-refractivity contribution in [2.45, 2.75) is 27.2 Å². The maximum atomic E-state index is 12.0. The summed E-state index contributed by atoms with van der Waals surface area (Å²) < 4.78 is 11.0. The molecule has 0 radical (unpaired) electrons. The number of ether oxygens (including phenoxy) is 2. The number of benzene rings is 1. The Bertz CT molecular complexity index is 535. The number of hydrogen-bond donors (Lipinski definition) is 1. The maximum Gasteiger partial charge on any atom is 0.251 e. The molecular formula is C17H24N2O3. The van der Waals surface area contributed by atoms with Crippen LogP contribution in [0.1, 0.15) is 37.6 Å². The summed E-state index contributed by atoms with van der Waals surface area (Å²) >= 11 is 0. The topological polar surface area (TPSA) is 71.3 Å². The first-order chi connectivity index (χ1) is 10.5. The van der Waals surface area contributed by atoms with Gasteiger partial charge in [-0.3, -0.25) is 4.79 Å². The van der Waals surface area contributed by atoms with Gasteiger partial charge in [0.15, 0.2) is 11.5 Å². The summed E-state index contributed by atoms with van der Waals surface area (Å²) in [6, 6.07) is 7.16. The van der Waals surface area contributed by atoms with Crippen molar-refractivity contribution < 1.29 is 14.3 Å². The van der Waals surface area contributed by atoms with Crippen LogP contribution in [0.2, 0.25) is 0 Å². The number of nitrogens with one attached hydrogen (secondary N) is 1. The number of hydrogen-bond acceptors (Lipinski definition) is 4. The van der Waals surface area contributed by atoms with Crippen molar-refractivity contribution in [1.29, 1.82) is 5.26 Å². The first-order valence-electron chi connectivity index (χ1n) is 7.46. The summed E-state index contributed by atoms with van der Waals surface area (Å²) in [6.45, 7) is 6.96. The van der Waals surface area contributed by atoms with Gasteiger partial charge in [0.25, 0.3) is 5.91 Å². The zero-order chi connectivity index (χ0) is 16.5. The molecule has 0 aromatic heterocycles. The van der Waals surface area contributed by atoms with E-state index in [4.69, 9.17) is 14.7 Å². The molecule has 120 valence electrons. The number of rotatable bonds is 8. The highest BCUT2D eigenvalue weighted by molar-refractivity contribution is 5.94. The lowest BCUT2D eigenvalue weighted by atomic mass is 10.1. The molecule has 5 nitrogen and oxygen atoms in total. The van der Waals surface area contributed by atoms with Gasteiger partial charge in [0, 0.05) is 12.1 Å². The Morgan fingerprint density at radius 1 is 1.32 bits per heavy atom. The van der Waals surface area contributed by atoms with Crippen molar-refractivity contribution in [2.75, 3.05) is 20.3 Å². The normalized spacial score (nSPS) is 11.6. The third-order valence-corrected chi connectivity index (χ3v) is 3.17. The number of carbonyl (C=O) groups excluding carboxylic acids is 1. The van der Waals surface area contributed by atoms with Crippen LogP contribution in [0, 0.1) is 23.2 Å². The first-order valence-corrected chi connectivity index (χ1v) is 7.46. The van der Waals surface area contributed by atoms with E-state index in [-0.39, 0.29) is 11.8 Å². The fourth-order valence-corrected chi connectivity index (χ4v) is 1.73. The van der Waals surface area contributed by atoms with Gasteiger partial charge in [-0.1, -0.05) is 13.8 Å². The zero-order valence-electron chi connectivity index (χ0n) is 13.7. The van der Waals surface area contributed by atoms with Crippen LogP contribution in [0.5, 0.6) is 11.5 Å². The molecule has 0 heterocycles. The first kappa shape index (κ1) is 17.8. The highest BCUT2D eigenvalue weighted by Crippen LogP contribution is 2.28. The highest BCUT2D eigenvalue weighted by Gasteiger charge is 2.12. The van der Waals surface area contributed by atoms with Crippen LogP contribution < -0.4 is 14.8 Å². The van der Waals surface area contributed by atoms with E-state index in [9.17, 15) is 4.79 Å². The fourth-order valence-electron chi connectivity index (χ4n) is 1.73. The monoisotopic (exact) mass is 304 g/mol. The molecule has 1 atom stereocenters. The molecule has 1 rings (SSSR count). The molecule has 1 N–H and O–H groups in total. The number of nitriles is 1. The zero-order valence-corrected chi connectivity index (χ0v) is 13.7. The molecule has 0 saturated heterocycles. The van der Waals surface area contributed by atoms with Gasteiger partial charge in [-0.05, 0) is 37.5 Å². The highest BCUT2D eigenvalue weighted by atomic mass is 16.5. The number of amides is 1. The average molecular weight is 304 g/mol. The van der Waals surface area contributed by atoms with Gasteiger partial charge >= 0.3 is 0 Å². The van der Waals surface area contributed by atoms with Gasteiger partial charge in [-0.2, -0.15) is 5.26 Å². The third-order valence-electron chi connectivity index (χ3n) is 3.17. The van der Waals surface area contributed by atoms with Gasteiger partial charge in [0.2, 0.25) is 0 Å². The smallest absolute Gasteiger partial charge is 0.251 e. The molecule has 1 amide bonds. The van der Waals surface area contributed by atoms with Gasteiger partial charge in [-0.15, -0.1) is 0 Å². The van der Waals surface area contributed by atoms with Crippen LogP contribution >= 0.6 is 0 Å². The fraction of sp³-hybridized carbons (Fsp3) is 0.529. The lowest BCUT2D eigenvalue weighted by Crippen LogP contribution is -2.27. The second-order valence-electron chi connectivity index (χ2n) is 5.64. The Hall–Kier alpha value is -2.22. The lowest BCUT2D eigenvalue weighted by molar-refractivity contribution is 0.0950. The summed E-state index contributed by atoms with van der Waals surface area (Å²) in [7, 11) is 1.55. The Labute approximate surface area is 132 Å². The minimum absolute atomic E-state index is 0.218. The van der Waals surface area contributed by atoms with Crippen LogP contribution in [-0.2, 0) is 0 Å². The van der Waals surface area contributed by atoms with E-state index in [1.54, 1.807) is 32.2 Å². The van der Waals surface area contributed by atoms with Crippen LogP contribution in [0.25, 0.3) is 0 Å². The number of carbonyl (C=O) groups is 1. The average Bonchev–Trinajstić information content (AvgIpc) is 2.51. The molecule has 0 aliphatic carbocycles. The predicted octanol–water partition coefficient (Wildman–Crippen LogP) is 3.01. The number of methoxy groups -OCH3 is 1. The summed E-state index contributed by atoms with van der Waals surface area (Å²) in [5.74, 6) is 1.28. The predicted molar refractivity (Wildman–Crippen MR) is 85.1 cm³/mol. The SMILES string of the molecule is COc1cc(C(=O)NCC(C)C#N)ccc1OCCC(C)C. The van der Waals surface area contributed by atoms with Gasteiger partial charge in [0.05, 0.1) is 25.7 Å². The summed E-state index contributed by atoms with van der Waals surface area (Å²) in [5, 5.41) is 11.4. The van der Waals surface area contributed by atoms with E-state index in [1.807, 2.05) is 0 Å². The van der Waals surface area contributed by atoms with E-state index in [0.29, 0.717) is 36.1 Å². The Morgan fingerprint density at radius 2 is 2.05 bits per heavy atom. The molecule has 0 fully saturated rings. The molecule has 0 spiro atoms. The molecule has 5 heteroatoms. The largest absolute Gasteiger partial charge is 0.493 e. The molecule has 1 aromatic carbocycles. The minimum atomic E-state index is -0.228. The van der Waals surface area contributed by atoms with Crippen LogP contribution in [0.4, 0.5) is 0 Å². The van der Waals surface area contributed by atoms with E-state index < -0.39 is 0 Å². The molecule has 22 heavy (non-hydrogen) atoms. The molecule has 0 aliphatic rings. The van der Waals surface area contributed by atoms with E-state index >= 15 is 0 Å². The third kappa shape index (κ3) is 5.65. The van der Waals surface area contributed by atoms with Gasteiger partial charge in [0.1, 0.15) is 0 Å². The minimum Gasteiger partial charge on any atom is -0.493 e. The van der Waals surface area contributed by atoms with E-state index in [0.717, 1.165) is 6.42 Å². The van der Waals surface area contributed by atoms with Gasteiger partial charge in [-0.25, -0.2) is 0 Å². The molecule has 0 bridgehead atoms. The quantitative estimate of drug-likeness (QED) is 0.801. The second kappa shape index (κ2) is 8.93. The Morgan fingerprint density at radius 3 is 2.64 bits per heavy atom. The summed E-state index contributed by atoms with van der Waals surface area (Å²) in [5.41, 5.74) is 0.484. The van der Waals surface area contributed by atoms with E-state index in [1.165, 1.54) is 0 Å². The summed E-state index contributed by atoms with van der Waals surface area (Å²) in [6.07, 6.45) is 0.956.